The summed E-state index contributed by atoms with van der Waals surface area (Å²) in [5.41, 5.74) is 1.33. The molecule has 27 heavy (non-hydrogen) atoms. The molecule has 2 aromatic carbocycles. The van der Waals surface area contributed by atoms with Gasteiger partial charge in [0.25, 0.3) is 0 Å². The second kappa shape index (κ2) is 8.06. The van der Waals surface area contributed by atoms with Crippen LogP contribution in [0, 0.1) is 29.1 Å². The first-order valence-corrected chi connectivity index (χ1v) is 8.52. The lowest BCUT2D eigenvalue weighted by atomic mass is 9.93. The maximum atomic E-state index is 13.9. The van der Waals surface area contributed by atoms with Gasteiger partial charge in [-0.2, -0.15) is 0 Å². The Bertz CT molecular complexity index is 833. The van der Waals surface area contributed by atoms with E-state index in [2.05, 4.69) is 10.3 Å². The molecule has 0 fully saturated rings. The summed E-state index contributed by atoms with van der Waals surface area (Å²) >= 11 is 0. The molecule has 146 valence electrons. The fourth-order valence-corrected chi connectivity index (χ4v) is 2.73. The van der Waals surface area contributed by atoms with Gasteiger partial charge in [0.05, 0.1) is 5.69 Å². The van der Waals surface area contributed by atoms with Crippen LogP contribution in [0.15, 0.2) is 23.2 Å². The normalized spacial score (nSPS) is 12.2. The van der Waals surface area contributed by atoms with Gasteiger partial charge in [0.15, 0.2) is 23.3 Å². The lowest BCUT2D eigenvalue weighted by molar-refractivity contribution is 0.382. The minimum atomic E-state index is -2.20. The first-order valence-electron chi connectivity index (χ1n) is 8.52. The molecule has 2 nitrogen and oxygen atoms in total. The highest BCUT2D eigenvalue weighted by molar-refractivity contribution is 5.96. The SMILES string of the molecule is CC(=Nc1c(C(C)C)cccc1C(C)C)Nc1c(F)c(F)c(F)c(F)c1F. The van der Waals surface area contributed by atoms with Gasteiger partial charge >= 0.3 is 0 Å². The van der Waals surface area contributed by atoms with Crippen molar-refractivity contribution in [2.24, 2.45) is 4.99 Å². The molecule has 0 aromatic heterocycles. The second-order valence-corrected chi connectivity index (χ2v) is 6.86. The van der Waals surface area contributed by atoms with Crippen molar-refractivity contribution in [2.45, 2.75) is 46.5 Å². The number of nitrogens with one attached hydrogen (secondary N) is 1. The summed E-state index contributed by atoms with van der Waals surface area (Å²) in [7, 11) is 0. The molecule has 0 saturated heterocycles. The van der Waals surface area contributed by atoms with Crippen molar-refractivity contribution in [3.8, 4) is 0 Å². The van der Waals surface area contributed by atoms with Gasteiger partial charge in [-0.3, -0.25) is 0 Å². The molecule has 1 N–H and O–H groups in total. The van der Waals surface area contributed by atoms with E-state index < -0.39 is 34.8 Å². The molecule has 0 bridgehead atoms. The summed E-state index contributed by atoms with van der Waals surface area (Å²) in [6.07, 6.45) is 0. The van der Waals surface area contributed by atoms with Crippen LogP contribution in [0.1, 0.15) is 57.6 Å². The molecule has 0 amide bonds. The van der Waals surface area contributed by atoms with Gasteiger partial charge in [-0.1, -0.05) is 45.9 Å². The third-order valence-corrected chi connectivity index (χ3v) is 4.14. The number of halogens is 5. The zero-order valence-electron chi connectivity index (χ0n) is 15.7. The monoisotopic (exact) mass is 384 g/mol. The lowest BCUT2D eigenvalue weighted by Gasteiger charge is -2.17. The Hall–Kier alpha value is -2.44. The largest absolute Gasteiger partial charge is 0.339 e. The fourth-order valence-electron chi connectivity index (χ4n) is 2.73. The van der Waals surface area contributed by atoms with Gasteiger partial charge in [0.2, 0.25) is 5.82 Å². The minimum Gasteiger partial charge on any atom is -0.339 e. The number of benzene rings is 2. The van der Waals surface area contributed by atoms with Crippen molar-refractivity contribution in [2.75, 3.05) is 5.32 Å². The number of nitrogens with zero attached hydrogens (tertiary/aromatic N) is 1. The van der Waals surface area contributed by atoms with Crippen LogP contribution in [0.3, 0.4) is 0 Å². The van der Waals surface area contributed by atoms with Crippen LogP contribution in [0.4, 0.5) is 33.3 Å². The Morgan fingerprint density at radius 3 is 1.59 bits per heavy atom. The first kappa shape index (κ1) is 20.9. The molecule has 0 spiro atoms. The molecule has 0 saturated carbocycles. The number of para-hydroxylation sites is 1. The Morgan fingerprint density at radius 1 is 0.778 bits per heavy atom. The zero-order valence-corrected chi connectivity index (χ0v) is 15.7. The number of amidine groups is 1. The van der Waals surface area contributed by atoms with Gasteiger partial charge in [-0.05, 0) is 29.9 Å². The standard InChI is InChI=1S/C20H21F5N2/c1-9(2)12-7-6-8-13(10(3)4)19(12)26-11(5)27-20-17(24)15(22)14(21)16(23)18(20)25/h6-10H,1-5H3,(H,26,27). The zero-order chi connectivity index (χ0) is 20.5. The van der Waals surface area contributed by atoms with Crippen molar-refractivity contribution < 1.29 is 22.0 Å². The van der Waals surface area contributed by atoms with Crippen LogP contribution in [0.2, 0.25) is 0 Å². The van der Waals surface area contributed by atoms with Crippen LogP contribution < -0.4 is 5.32 Å². The van der Waals surface area contributed by atoms with Crippen molar-refractivity contribution >= 4 is 17.2 Å². The van der Waals surface area contributed by atoms with Crippen LogP contribution in [-0.4, -0.2) is 5.84 Å². The summed E-state index contributed by atoms with van der Waals surface area (Å²) in [4.78, 5) is 4.39. The van der Waals surface area contributed by atoms with E-state index in [0.29, 0.717) is 5.69 Å². The summed E-state index contributed by atoms with van der Waals surface area (Å²) in [6.45, 7) is 9.31. The molecule has 7 heteroatoms. The van der Waals surface area contributed by atoms with E-state index in [4.69, 9.17) is 0 Å². The third-order valence-electron chi connectivity index (χ3n) is 4.14. The summed E-state index contributed by atoms with van der Waals surface area (Å²) in [5.74, 6) is -9.80. The van der Waals surface area contributed by atoms with Gasteiger partial charge in [-0.15, -0.1) is 0 Å². The van der Waals surface area contributed by atoms with Gasteiger partial charge in [0.1, 0.15) is 11.5 Å². The average molecular weight is 384 g/mol. The van der Waals surface area contributed by atoms with Crippen molar-refractivity contribution in [1.29, 1.82) is 0 Å². The van der Waals surface area contributed by atoms with E-state index in [0.717, 1.165) is 11.1 Å². The topological polar surface area (TPSA) is 24.4 Å². The van der Waals surface area contributed by atoms with E-state index in [1.165, 1.54) is 6.92 Å². The Kier molecular flexibility index (Phi) is 6.23. The molecule has 0 unspecified atom stereocenters. The fraction of sp³-hybridized carbons (Fsp3) is 0.350. The maximum Gasteiger partial charge on any atom is 0.200 e. The molecular formula is C20H21F5N2. The summed E-state index contributed by atoms with van der Waals surface area (Å²) < 4.78 is 67.7. The quantitative estimate of drug-likeness (QED) is 0.203. The highest BCUT2D eigenvalue weighted by atomic mass is 19.2. The predicted molar refractivity (Wildman–Crippen MR) is 97.2 cm³/mol. The predicted octanol–water partition coefficient (Wildman–Crippen LogP) is 6.79. The third kappa shape index (κ3) is 4.12. The maximum absolute atomic E-state index is 13.9. The van der Waals surface area contributed by atoms with Crippen LogP contribution in [0.25, 0.3) is 0 Å². The van der Waals surface area contributed by atoms with Crippen molar-refractivity contribution in [3.63, 3.8) is 0 Å². The van der Waals surface area contributed by atoms with Crippen LogP contribution >= 0.6 is 0 Å². The molecule has 0 aliphatic heterocycles. The molecule has 0 aliphatic rings. The van der Waals surface area contributed by atoms with Crippen molar-refractivity contribution in [1.82, 2.24) is 0 Å². The van der Waals surface area contributed by atoms with Crippen LogP contribution in [0.5, 0.6) is 0 Å². The minimum absolute atomic E-state index is 0.00760. The number of anilines is 1. The summed E-state index contributed by atoms with van der Waals surface area (Å²) in [6, 6.07) is 5.68. The van der Waals surface area contributed by atoms with Gasteiger partial charge in [0, 0.05) is 0 Å². The molecular weight excluding hydrogens is 363 g/mol. The van der Waals surface area contributed by atoms with E-state index in [9.17, 15) is 22.0 Å². The molecule has 2 aromatic rings. The van der Waals surface area contributed by atoms with Gasteiger partial charge in [-0.25, -0.2) is 26.9 Å². The lowest BCUT2D eigenvalue weighted by Crippen LogP contribution is -2.14. The first-order chi connectivity index (χ1) is 12.6. The molecule has 0 radical (unpaired) electrons. The Labute approximate surface area is 155 Å². The molecule has 0 aliphatic carbocycles. The van der Waals surface area contributed by atoms with E-state index in [1.54, 1.807) is 0 Å². The number of aliphatic imine (C=N–C) groups is 1. The van der Waals surface area contributed by atoms with E-state index in [1.807, 2.05) is 45.9 Å². The van der Waals surface area contributed by atoms with Crippen LogP contribution in [-0.2, 0) is 0 Å². The van der Waals surface area contributed by atoms with E-state index in [-0.39, 0.29) is 17.7 Å². The molecule has 0 atom stereocenters. The number of rotatable bonds is 4. The van der Waals surface area contributed by atoms with E-state index >= 15 is 0 Å². The van der Waals surface area contributed by atoms with Crippen molar-refractivity contribution in [3.05, 3.63) is 58.4 Å². The highest BCUT2D eigenvalue weighted by Crippen LogP contribution is 2.35. The number of hydrogen-bond acceptors (Lipinski definition) is 1. The second-order valence-electron chi connectivity index (χ2n) is 6.86. The molecule has 0 heterocycles. The Balaban J connectivity index is 2.55. The number of hydrogen-bond donors (Lipinski definition) is 1. The molecule has 2 rings (SSSR count). The smallest absolute Gasteiger partial charge is 0.200 e. The van der Waals surface area contributed by atoms with Gasteiger partial charge < -0.3 is 5.32 Å². The Morgan fingerprint density at radius 2 is 1.19 bits per heavy atom. The summed E-state index contributed by atoms with van der Waals surface area (Å²) in [5, 5.41) is 2.22. The highest BCUT2D eigenvalue weighted by Gasteiger charge is 2.26. The average Bonchev–Trinajstić information content (AvgIpc) is 2.61.